The summed E-state index contributed by atoms with van der Waals surface area (Å²) in [6.45, 7) is 2.92. The second-order valence-electron chi connectivity index (χ2n) is 11.1. The summed E-state index contributed by atoms with van der Waals surface area (Å²) in [6.07, 6.45) is 15.1. The van der Waals surface area contributed by atoms with E-state index in [9.17, 15) is 9.59 Å². The molecule has 0 aliphatic heterocycles. The number of hydrogen-bond acceptors (Lipinski definition) is 4. The Bertz CT molecular complexity index is 748. The van der Waals surface area contributed by atoms with Gasteiger partial charge in [-0.25, -0.2) is 0 Å². The third kappa shape index (κ3) is 3.08. The fraction of sp³-hybridized carbons (Fsp3) is 0.846. The first-order chi connectivity index (χ1) is 14.4. The highest BCUT2D eigenvalue weighted by Crippen LogP contribution is 2.64. The van der Waals surface area contributed by atoms with Crippen LogP contribution in [0.15, 0.2) is 11.6 Å². The highest BCUT2D eigenvalue weighted by Gasteiger charge is 2.60. The van der Waals surface area contributed by atoms with Gasteiger partial charge in [-0.1, -0.05) is 18.9 Å². The Morgan fingerprint density at radius 1 is 0.933 bits per heavy atom. The molecule has 0 aromatic rings. The van der Waals surface area contributed by atoms with E-state index in [4.69, 9.17) is 9.47 Å². The summed E-state index contributed by atoms with van der Waals surface area (Å²) in [7, 11) is 1.80. The largest absolute Gasteiger partial charge is 0.353 e. The molecule has 0 aromatic heterocycles. The van der Waals surface area contributed by atoms with E-state index in [1.165, 1.54) is 12.0 Å². The monoisotopic (exact) mass is 414 g/mol. The fourth-order valence-electron chi connectivity index (χ4n) is 8.16. The van der Waals surface area contributed by atoms with Crippen molar-refractivity contribution in [1.29, 1.82) is 0 Å². The van der Waals surface area contributed by atoms with Crippen LogP contribution in [0.3, 0.4) is 0 Å². The van der Waals surface area contributed by atoms with Crippen LogP contribution in [0.5, 0.6) is 0 Å². The number of ether oxygens (including phenoxy) is 2. The molecule has 0 radical (unpaired) electrons. The van der Waals surface area contributed by atoms with Gasteiger partial charge in [0.25, 0.3) is 0 Å². The van der Waals surface area contributed by atoms with E-state index >= 15 is 0 Å². The number of Topliss-reactive ketones (excluding diaryl/α,β-unsaturated/α-hetero) is 1. The Morgan fingerprint density at radius 3 is 2.50 bits per heavy atom. The van der Waals surface area contributed by atoms with Crippen LogP contribution in [0.1, 0.15) is 90.4 Å². The molecule has 5 aliphatic carbocycles. The van der Waals surface area contributed by atoms with Crippen molar-refractivity contribution in [2.45, 2.75) is 96.2 Å². The van der Waals surface area contributed by atoms with Crippen LogP contribution in [-0.4, -0.2) is 31.1 Å². The third-order valence-corrected chi connectivity index (χ3v) is 9.98. The highest BCUT2D eigenvalue weighted by molar-refractivity contribution is 5.91. The average molecular weight is 415 g/mol. The lowest BCUT2D eigenvalue weighted by Gasteiger charge is -2.58. The summed E-state index contributed by atoms with van der Waals surface area (Å²) in [4.78, 5) is 25.1. The minimum Gasteiger partial charge on any atom is -0.353 e. The van der Waals surface area contributed by atoms with Gasteiger partial charge in [-0.2, -0.15) is 0 Å². The molecule has 0 saturated heterocycles. The molecule has 5 atom stereocenters. The molecule has 4 heteroatoms. The number of rotatable bonds is 4. The lowest BCUT2D eigenvalue weighted by atomic mass is 9.47. The van der Waals surface area contributed by atoms with E-state index in [1.807, 2.05) is 6.08 Å². The smallest absolute Gasteiger partial charge is 0.167 e. The van der Waals surface area contributed by atoms with Gasteiger partial charge in [-0.05, 0) is 75.2 Å². The molecule has 4 fully saturated rings. The van der Waals surface area contributed by atoms with Crippen molar-refractivity contribution in [3.8, 4) is 0 Å². The van der Waals surface area contributed by atoms with E-state index in [-0.39, 0.29) is 16.6 Å². The van der Waals surface area contributed by atoms with Gasteiger partial charge in [0.05, 0.1) is 6.61 Å². The first kappa shape index (κ1) is 20.9. The Hall–Kier alpha value is -1.00. The van der Waals surface area contributed by atoms with Crippen LogP contribution in [0.2, 0.25) is 0 Å². The maximum absolute atomic E-state index is 12.7. The number of carbonyl (C=O) groups is 2. The third-order valence-electron chi connectivity index (χ3n) is 9.98. The van der Waals surface area contributed by atoms with Gasteiger partial charge < -0.3 is 9.47 Å². The standard InChI is InChI=1S/C26H38O4/c1-24-14-11-22-20(21(24)8-9-23(24)28)7-6-18-16-19(27)10-15-25(18,22)17-30-26(29-2)12-4-3-5-13-26/h16,20-22H,3-15,17H2,1-2H3/t20-,21-,22-,24-,25+/m0/s1. The summed E-state index contributed by atoms with van der Waals surface area (Å²) in [5.74, 6) is 1.98. The highest BCUT2D eigenvalue weighted by atomic mass is 16.7. The minimum absolute atomic E-state index is 0.0349. The number of fused-ring (bicyclic) bond motifs is 5. The van der Waals surface area contributed by atoms with Crippen molar-refractivity contribution in [3.05, 3.63) is 11.6 Å². The quantitative estimate of drug-likeness (QED) is 0.579. The molecular weight excluding hydrogens is 376 g/mol. The van der Waals surface area contributed by atoms with Crippen molar-refractivity contribution in [2.24, 2.45) is 28.6 Å². The summed E-state index contributed by atoms with van der Waals surface area (Å²) in [5, 5.41) is 0. The molecule has 166 valence electrons. The van der Waals surface area contributed by atoms with Gasteiger partial charge in [0.2, 0.25) is 0 Å². The van der Waals surface area contributed by atoms with Crippen molar-refractivity contribution < 1.29 is 19.1 Å². The molecule has 0 N–H and O–H groups in total. The van der Waals surface area contributed by atoms with Crippen molar-refractivity contribution in [2.75, 3.05) is 13.7 Å². The Morgan fingerprint density at radius 2 is 1.73 bits per heavy atom. The second-order valence-corrected chi connectivity index (χ2v) is 11.1. The van der Waals surface area contributed by atoms with Crippen LogP contribution in [0, 0.1) is 28.6 Å². The number of carbonyl (C=O) groups excluding carboxylic acids is 2. The van der Waals surface area contributed by atoms with Gasteiger partial charge in [-0.15, -0.1) is 0 Å². The van der Waals surface area contributed by atoms with E-state index < -0.39 is 5.79 Å². The maximum atomic E-state index is 12.7. The molecule has 4 saturated carbocycles. The summed E-state index contributed by atoms with van der Waals surface area (Å²) in [5.41, 5.74) is 1.20. The summed E-state index contributed by atoms with van der Waals surface area (Å²) < 4.78 is 12.7. The normalized spacial score (nSPS) is 42.9. The molecule has 0 amide bonds. The number of hydrogen-bond donors (Lipinski definition) is 0. The van der Waals surface area contributed by atoms with Crippen LogP contribution < -0.4 is 0 Å². The molecule has 0 heterocycles. The molecular formula is C26H38O4. The van der Waals surface area contributed by atoms with Crippen LogP contribution in [0.4, 0.5) is 0 Å². The minimum atomic E-state index is -0.445. The van der Waals surface area contributed by atoms with E-state index in [0.29, 0.717) is 36.6 Å². The predicted molar refractivity (Wildman–Crippen MR) is 115 cm³/mol. The fourth-order valence-corrected chi connectivity index (χ4v) is 8.16. The number of methoxy groups -OCH3 is 1. The van der Waals surface area contributed by atoms with Crippen LogP contribution in [-0.2, 0) is 19.1 Å². The Kier molecular flexibility index (Phi) is 5.25. The first-order valence-corrected chi connectivity index (χ1v) is 12.4. The second kappa shape index (κ2) is 7.55. The van der Waals surface area contributed by atoms with E-state index in [1.54, 1.807) is 7.11 Å². The van der Waals surface area contributed by atoms with Crippen LogP contribution >= 0.6 is 0 Å². The van der Waals surface area contributed by atoms with Gasteiger partial charge in [0.1, 0.15) is 5.78 Å². The molecule has 0 aromatic carbocycles. The van der Waals surface area contributed by atoms with Gasteiger partial charge in [0, 0.05) is 43.6 Å². The van der Waals surface area contributed by atoms with E-state index in [0.717, 1.165) is 70.6 Å². The molecule has 0 bridgehead atoms. The van der Waals surface area contributed by atoms with Crippen LogP contribution in [0.25, 0.3) is 0 Å². The zero-order valence-electron chi connectivity index (χ0n) is 18.8. The van der Waals surface area contributed by atoms with Gasteiger partial charge >= 0.3 is 0 Å². The Balaban J connectivity index is 1.46. The predicted octanol–water partition coefficient (Wildman–Crippen LogP) is 5.39. The Labute approximate surface area is 181 Å². The molecule has 5 aliphatic rings. The molecule has 0 spiro atoms. The van der Waals surface area contributed by atoms with Crippen molar-refractivity contribution in [1.82, 2.24) is 0 Å². The number of ketones is 2. The summed E-state index contributed by atoms with van der Waals surface area (Å²) >= 11 is 0. The van der Waals surface area contributed by atoms with Gasteiger partial charge in [0.15, 0.2) is 11.6 Å². The molecule has 4 nitrogen and oxygen atoms in total. The molecule has 5 rings (SSSR count). The molecule has 30 heavy (non-hydrogen) atoms. The van der Waals surface area contributed by atoms with Crippen molar-refractivity contribution >= 4 is 11.6 Å². The first-order valence-electron chi connectivity index (χ1n) is 12.4. The summed E-state index contributed by atoms with van der Waals surface area (Å²) in [6, 6.07) is 0. The SMILES string of the molecule is COC1(OC[C@]23CCC(=O)C=C2CC[C@@H]2[C@@H]3CC[C@]3(C)C(=O)CC[C@@H]23)CCCCC1. The zero-order valence-corrected chi connectivity index (χ0v) is 18.8. The average Bonchev–Trinajstić information content (AvgIpc) is 3.07. The lowest BCUT2D eigenvalue weighted by molar-refractivity contribution is -0.256. The lowest BCUT2D eigenvalue weighted by Crippen LogP contribution is -2.54. The topological polar surface area (TPSA) is 52.6 Å². The maximum Gasteiger partial charge on any atom is 0.167 e. The van der Waals surface area contributed by atoms with Crippen molar-refractivity contribution in [3.63, 3.8) is 0 Å². The molecule has 0 unspecified atom stereocenters. The van der Waals surface area contributed by atoms with E-state index in [2.05, 4.69) is 6.92 Å². The zero-order chi connectivity index (χ0) is 21.0. The van der Waals surface area contributed by atoms with Gasteiger partial charge in [-0.3, -0.25) is 9.59 Å².